The van der Waals surface area contributed by atoms with Crippen LogP contribution in [-0.2, 0) is 30.7 Å². The van der Waals surface area contributed by atoms with Crippen molar-refractivity contribution in [2.24, 2.45) is 7.05 Å². The van der Waals surface area contributed by atoms with Gasteiger partial charge in [0.05, 0.1) is 24.2 Å². The van der Waals surface area contributed by atoms with Gasteiger partial charge in [-0.05, 0) is 66.4 Å². The van der Waals surface area contributed by atoms with E-state index < -0.39 is 59.8 Å². The number of aryl methyl sites for hydroxylation is 1. The predicted molar refractivity (Wildman–Crippen MR) is 148 cm³/mol. The molecule has 4 rings (SSSR count). The third-order valence-electron chi connectivity index (χ3n) is 7.58. The Labute approximate surface area is 258 Å². The van der Waals surface area contributed by atoms with Crippen LogP contribution < -0.4 is 14.5 Å². The van der Waals surface area contributed by atoms with E-state index in [2.05, 4.69) is 20.1 Å². The number of carbonyl (C=O) groups is 1. The van der Waals surface area contributed by atoms with E-state index in [4.69, 9.17) is 0 Å². The van der Waals surface area contributed by atoms with Gasteiger partial charge < -0.3 is 14.5 Å². The number of amides is 1. The van der Waals surface area contributed by atoms with E-state index in [-0.39, 0.29) is 42.0 Å². The van der Waals surface area contributed by atoms with Crippen LogP contribution in [0.4, 0.5) is 51.1 Å². The highest BCUT2D eigenvalue weighted by atomic mass is 19.4. The first kappa shape index (κ1) is 34.8. The largest absolute Gasteiger partial charge is 0.573 e. The lowest BCUT2D eigenvalue weighted by Crippen LogP contribution is -2.47. The molecule has 0 spiro atoms. The van der Waals surface area contributed by atoms with Gasteiger partial charge in [-0.2, -0.15) is 31.1 Å². The first-order valence-electron chi connectivity index (χ1n) is 14.4. The maximum atomic E-state index is 13.7. The molecule has 2 heterocycles. The molecule has 1 aliphatic rings. The molecule has 0 bridgehead atoms. The molecule has 1 aliphatic heterocycles. The number of rotatable bonds is 10. The third kappa shape index (κ3) is 8.20. The summed E-state index contributed by atoms with van der Waals surface area (Å²) < 4.78 is 126. The molecule has 2 unspecified atom stereocenters. The molecule has 3 aromatic rings. The van der Waals surface area contributed by atoms with Gasteiger partial charge in [-0.3, -0.25) is 4.79 Å². The van der Waals surface area contributed by atoms with Gasteiger partial charge in [0, 0.05) is 30.3 Å². The van der Waals surface area contributed by atoms with E-state index in [0.29, 0.717) is 25.0 Å². The number of benzene rings is 2. The van der Waals surface area contributed by atoms with E-state index in [1.54, 1.807) is 6.92 Å². The van der Waals surface area contributed by atoms with Crippen LogP contribution >= 0.6 is 0 Å². The molecule has 0 fully saturated rings. The highest BCUT2D eigenvalue weighted by molar-refractivity contribution is 5.95. The molecule has 17 heteroatoms. The summed E-state index contributed by atoms with van der Waals surface area (Å²) in [5, 5.41) is 11.8. The minimum atomic E-state index is -5.11. The Bertz CT molecular complexity index is 1490. The molecule has 0 saturated heterocycles. The topological polar surface area (TPSA) is 76.4 Å². The second kappa shape index (κ2) is 13.4. The van der Waals surface area contributed by atoms with E-state index in [1.165, 1.54) is 22.9 Å². The van der Waals surface area contributed by atoms with E-state index in [0.717, 1.165) is 29.8 Å². The third-order valence-corrected chi connectivity index (χ3v) is 7.58. The van der Waals surface area contributed by atoms with Crippen molar-refractivity contribution >= 4 is 17.5 Å². The van der Waals surface area contributed by atoms with Gasteiger partial charge in [-0.25, -0.2) is 0 Å². The Kier molecular flexibility index (Phi) is 10.1. The van der Waals surface area contributed by atoms with Gasteiger partial charge in [0.15, 0.2) is 0 Å². The molecular weight excluding hydrogens is 635 g/mol. The number of alkyl halides is 9. The number of aromatic nitrogens is 4. The molecule has 1 aromatic heterocycles. The minimum Gasteiger partial charge on any atom is -0.406 e. The molecule has 0 aliphatic carbocycles. The zero-order chi connectivity index (χ0) is 34.0. The highest BCUT2D eigenvalue weighted by Gasteiger charge is 2.41. The summed E-state index contributed by atoms with van der Waals surface area (Å²) in [4.78, 5) is 17.3. The summed E-state index contributed by atoms with van der Waals surface area (Å²) >= 11 is 0. The number of unbranched alkanes of at least 4 members (excludes halogenated alkanes) is 2. The molecule has 0 radical (unpaired) electrons. The lowest BCUT2D eigenvalue weighted by molar-refractivity contribution is -0.274. The van der Waals surface area contributed by atoms with Crippen LogP contribution in [0.25, 0.3) is 0 Å². The second-order valence-electron chi connectivity index (χ2n) is 10.9. The van der Waals surface area contributed by atoms with Crippen LogP contribution in [0, 0.1) is 0 Å². The van der Waals surface area contributed by atoms with Crippen LogP contribution in [0.3, 0.4) is 0 Å². The second-order valence-corrected chi connectivity index (χ2v) is 10.9. The van der Waals surface area contributed by atoms with Crippen LogP contribution in [0.15, 0.2) is 36.4 Å². The van der Waals surface area contributed by atoms with E-state index in [1.807, 2.05) is 6.92 Å². The number of halogens is 9. The van der Waals surface area contributed by atoms with E-state index >= 15 is 0 Å². The summed E-state index contributed by atoms with van der Waals surface area (Å²) in [5.41, 5.74) is -3.14. The standard InChI is InChI=1S/C29H31F9N6O2/c1-4-6-7-8-25(45)44-20(5-2)14-24(22-15-21(9-10-23(22)44)46-29(36,37)38)43(26-39-41-42(3)40-26)16-17-11-18(27(30,31)32)13-19(12-17)28(33,34)35/h9-13,15,20,24H,4-8,14,16H2,1-3H3. The maximum absolute atomic E-state index is 13.7. The van der Waals surface area contributed by atoms with E-state index in [9.17, 15) is 44.3 Å². The number of fused-ring (bicyclic) bond motifs is 1. The monoisotopic (exact) mass is 666 g/mol. The van der Waals surface area contributed by atoms with Crippen LogP contribution in [0.1, 0.15) is 80.7 Å². The Morgan fingerprint density at radius 2 is 1.61 bits per heavy atom. The SMILES string of the molecule is CCCCCC(=O)N1c2ccc(OC(F)(F)F)cc2C(N(Cc2cc(C(F)(F)F)cc(C(F)(F)F)c2)c2nnn(C)n2)CC1CC. The number of carbonyl (C=O) groups excluding carboxylic acids is 1. The summed E-state index contributed by atoms with van der Waals surface area (Å²) in [6.45, 7) is 3.13. The minimum absolute atomic E-state index is 0.000218. The Hall–Kier alpha value is -4.05. The van der Waals surface area contributed by atoms with Gasteiger partial charge in [-0.1, -0.05) is 31.8 Å². The zero-order valence-electron chi connectivity index (χ0n) is 25.0. The fourth-order valence-electron chi connectivity index (χ4n) is 5.55. The van der Waals surface area contributed by atoms with Crippen LogP contribution in [0.5, 0.6) is 5.75 Å². The highest BCUT2D eigenvalue weighted by Crippen LogP contribution is 2.46. The van der Waals surface area contributed by atoms with Gasteiger partial charge in [-0.15, -0.1) is 18.3 Å². The van der Waals surface area contributed by atoms with Gasteiger partial charge in [0.25, 0.3) is 5.95 Å². The van der Waals surface area contributed by atoms with Crippen molar-refractivity contribution in [3.63, 3.8) is 0 Å². The quantitative estimate of drug-likeness (QED) is 0.161. The zero-order valence-corrected chi connectivity index (χ0v) is 25.0. The molecule has 252 valence electrons. The van der Waals surface area contributed by atoms with Crippen LogP contribution in [0.2, 0.25) is 0 Å². The molecular formula is C29H31F9N6O2. The van der Waals surface area contributed by atoms with Crippen molar-refractivity contribution in [3.8, 4) is 5.75 Å². The maximum Gasteiger partial charge on any atom is 0.573 e. The van der Waals surface area contributed by atoms with Crippen molar-refractivity contribution < 1.29 is 49.0 Å². The summed E-state index contributed by atoms with van der Waals surface area (Å²) in [7, 11) is 1.39. The summed E-state index contributed by atoms with van der Waals surface area (Å²) in [6.07, 6.45) is -12.5. The smallest absolute Gasteiger partial charge is 0.406 e. The molecule has 0 saturated carbocycles. The van der Waals surface area contributed by atoms with Gasteiger partial charge in [0.1, 0.15) is 5.75 Å². The van der Waals surface area contributed by atoms with Crippen molar-refractivity contribution in [2.45, 2.75) is 89.7 Å². The van der Waals surface area contributed by atoms with Crippen molar-refractivity contribution in [1.82, 2.24) is 20.2 Å². The van der Waals surface area contributed by atoms with Crippen molar-refractivity contribution in [2.75, 3.05) is 9.80 Å². The fraction of sp³-hybridized carbons (Fsp3) is 0.517. The average molecular weight is 667 g/mol. The normalized spacial score (nSPS) is 17.2. The predicted octanol–water partition coefficient (Wildman–Crippen LogP) is 7.99. The summed E-state index contributed by atoms with van der Waals surface area (Å²) in [5.74, 6) is -1.11. The summed E-state index contributed by atoms with van der Waals surface area (Å²) in [6, 6.07) is 2.96. The van der Waals surface area contributed by atoms with Gasteiger partial charge in [0.2, 0.25) is 5.91 Å². The van der Waals surface area contributed by atoms with Crippen molar-refractivity contribution in [3.05, 3.63) is 58.7 Å². The number of nitrogens with zero attached hydrogens (tertiary/aromatic N) is 6. The average Bonchev–Trinajstić information content (AvgIpc) is 3.39. The molecule has 2 aromatic carbocycles. The first-order chi connectivity index (χ1) is 21.4. The van der Waals surface area contributed by atoms with Gasteiger partial charge >= 0.3 is 18.7 Å². The molecule has 46 heavy (non-hydrogen) atoms. The first-order valence-corrected chi connectivity index (χ1v) is 14.4. The Morgan fingerprint density at radius 3 is 2.13 bits per heavy atom. The number of hydrogen-bond acceptors (Lipinski definition) is 6. The van der Waals surface area contributed by atoms with Crippen LogP contribution in [-0.4, -0.2) is 38.5 Å². The Balaban J connectivity index is 1.89. The molecule has 8 nitrogen and oxygen atoms in total. The Morgan fingerprint density at radius 1 is 0.957 bits per heavy atom. The molecule has 2 atom stereocenters. The number of hydrogen-bond donors (Lipinski definition) is 0. The lowest BCUT2D eigenvalue weighted by atomic mass is 9.87. The fourth-order valence-corrected chi connectivity index (χ4v) is 5.55. The molecule has 1 amide bonds. The number of anilines is 2. The number of tetrazole rings is 1. The number of ether oxygens (including phenoxy) is 1. The molecule has 0 N–H and O–H groups in total. The lowest BCUT2D eigenvalue weighted by Gasteiger charge is -2.44. The van der Waals surface area contributed by atoms with Crippen molar-refractivity contribution in [1.29, 1.82) is 0 Å².